The fraction of sp³-hybridized carbons (Fsp3) is 0.333. The average Bonchev–Trinajstić information content (AvgIpc) is 2.79. The number of halogens is 4. The van der Waals surface area contributed by atoms with Crippen LogP contribution in [0, 0.1) is 0 Å². The number of hydrogen-bond donors (Lipinski definition) is 0. The third-order valence-electron chi connectivity index (χ3n) is 2.62. The van der Waals surface area contributed by atoms with E-state index in [1.807, 2.05) is 0 Å². The van der Waals surface area contributed by atoms with Gasteiger partial charge in [0.2, 0.25) is 0 Å². The first kappa shape index (κ1) is 16.3. The molecule has 0 fully saturated rings. The molecule has 0 saturated heterocycles. The van der Waals surface area contributed by atoms with Gasteiger partial charge in [-0.1, -0.05) is 72.0 Å². The Labute approximate surface area is 145 Å². The number of thiophene rings is 2. The van der Waals surface area contributed by atoms with Gasteiger partial charge in [0.1, 0.15) is 8.67 Å². The van der Waals surface area contributed by atoms with Gasteiger partial charge in [-0.25, -0.2) is 0 Å². The third-order valence-corrected chi connectivity index (χ3v) is 8.21. The SMILES string of the molecule is CCc1c(Sc2sc(Cl)c(Cl)c2CC)sc(Cl)c1Cl. The molecule has 2 heterocycles. The van der Waals surface area contributed by atoms with Crippen LogP contribution in [0.2, 0.25) is 18.7 Å². The van der Waals surface area contributed by atoms with Crippen molar-refractivity contribution in [2.75, 3.05) is 0 Å². The first-order valence-electron chi connectivity index (χ1n) is 5.60. The molecule has 0 atom stereocenters. The lowest BCUT2D eigenvalue weighted by Gasteiger charge is -2.02. The molecule has 0 N–H and O–H groups in total. The number of rotatable bonds is 4. The molecule has 0 aliphatic carbocycles. The first-order chi connectivity index (χ1) is 8.99. The van der Waals surface area contributed by atoms with Gasteiger partial charge >= 0.3 is 0 Å². The highest BCUT2D eigenvalue weighted by Gasteiger charge is 2.20. The van der Waals surface area contributed by atoms with Gasteiger partial charge in [0, 0.05) is 0 Å². The van der Waals surface area contributed by atoms with E-state index >= 15 is 0 Å². The first-order valence-corrected chi connectivity index (χ1v) is 9.56. The van der Waals surface area contributed by atoms with E-state index in [4.69, 9.17) is 46.4 Å². The second-order valence-electron chi connectivity index (χ2n) is 3.72. The molecule has 0 amide bonds. The highest BCUT2D eigenvalue weighted by molar-refractivity contribution is 8.03. The van der Waals surface area contributed by atoms with Gasteiger partial charge in [0.25, 0.3) is 0 Å². The molecule has 7 heteroatoms. The minimum Gasteiger partial charge on any atom is -0.115 e. The summed E-state index contributed by atoms with van der Waals surface area (Å²) in [5.74, 6) is 0. The largest absolute Gasteiger partial charge is 0.115 e. The van der Waals surface area contributed by atoms with Crippen molar-refractivity contribution in [1.29, 1.82) is 0 Å². The monoisotopic (exact) mass is 390 g/mol. The van der Waals surface area contributed by atoms with Gasteiger partial charge in [-0.05, 0) is 24.0 Å². The summed E-state index contributed by atoms with van der Waals surface area (Å²) in [6.45, 7) is 4.15. The minimum absolute atomic E-state index is 0.646. The van der Waals surface area contributed by atoms with Crippen molar-refractivity contribution < 1.29 is 0 Å². The van der Waals surface area contributed by atoms with Crippen LogP contribution in [0.15, 0.2) is 8.42 Å². The molecule has 0 nitrogen and oxygen atoms in total. The Morgan fingerprint density at radius 3 is 1.47 bits per heavy atom. The van der Waals surface area contributed by atoms with Crippen LogP contribution in [0.3, 0.4) is 0 Å². The third kappa shape index (κ3) is 3.23. The van der Waals surface area contributed by atoms with Crippen LogP contribution in [0.1, 0.15) is 25.0 Å². The van der Waals surface area contributed by atoms with Crippen molar-refractivity contribution in [3.63, 3.8) is 0 Å². The molecular formula is C12H10Cl4S3. The predicted molar refractivity (Wildman–Crippen MR) is 91.6 cm³/mol. The zero-order valence-electron chi connectivity index (χ0n) is 10.2. The van der Waals surface area contributed by atoms with Crippen LogP contribution in [-0.2, 0) is 12.8 Å². The molecule has 0 aromatic carbocycles. The second kappa shape index (κ2) is 6.78. The summed E-state index contributed by atoms with van der Waals surface area (Å²) in [5, 5.41) is 1.34. The van der Waals surface area contributed by atoms with E-state index in [-0.39, 0.29) is 0 Å². The molecule has 0 unspecified atom stereocenters. The van der Waals surface area contributed by atoms with Gasteiger partial charge < -0.3 is 0 Å². The summed E-state index contributed by atoms with van der Waals surface area (Å²) in [5.41, 5.74) is 2.20. The Morgan fingerprint density at radius 1 is 0.789 bits per heavy atom. The summed E-state index contributed by atoms with van der Waals surface area (Å²) in [7, 11) is 0. The molecule has 0 aliphatic heterocycles. The van der Waals surface area contributed by atoms with Crippen LogP contribution in [0.5, 0.6) is 0 Å². The molecule has 0 aliphatic rings. The number of hydrogen-bond acceptors (Lipinski definition) is 3. The maximum atomic E-state index is 6.21. The molecule has 2 aromatic heterocycles. The topological polar surface area (TPSA) is 0 Å². The Bertz CT molecular complexity index is 548. The van der Waals surface area contributed by atoms with E-state index in [9.17, 15) is 0 Å². The lowest BCUT2D eigenvalue weighted by molar-refractivity contribution is 1.11. The summed E-state index contributed by atoms with van der Waals surface area (Å²) >= 11 is 29.3. The van der Waals surface area contributed by atoms with Crippen molar-refractivity contribution in [2.45, 2.75) is 35.1 Å². The van der Waals surface area contributed by atoms with E-state index in [0.29, 0.717) is 18.7 Å². The fourth-order valence-electron chi connectivity index (χ4n) is 1.64. The Morgan fingerprint density at radius 2 is 1.16 bits per heavy atom. The average molecular weight is 392 g/mol. The summed E-state index contributed by atoms with van der Waals surface area (Å²) in [6.07, 6.45) is 1.72. The van der Waals surface area contributed by atoms with Crippen LogP contribution in [-0.4, -0.2) is 0 Å². The van der Waals surface area contributed by atoms with Gasteiger partial charge in [-0.3, -0.25) is 0 Å². The Balaban J connectivity index is 2.41. The van der Waals surface area contributed by atoms with E-state index in [0.717, 1.165) is 32.4 Å². The highest BCUT2D eigenvalue weighted by Crippen LogP contribution is 2.50. The van der Waals surface area contributed by atoms with Crippen LogP contribution in [0.4, 0.5) is 0 Å². The van der Waals surface area contributed by atoms with Crippen molar-refractivity contribution in [3.8, 4) is 0 Å². The molecule has 0 spiro atoms. The molecule has 19 heavy (non-hydrogen) atoms. The van der Waals surface area contributed by atoms with Crippen molar-refractivity contribution in [3.05, 3.63) is 29.8 Å². The normalized spacial score (nSPS) is 11.3. The summed E-state index contributed by atoms with van der Waals surface area (Å²) in [4.78, 5) is 0. The van der Waals surface area contributed by atoms with Crippen LogP contribution < -0.4 is 0 Å². The smallest absolute Gasteiger partial charge is 0.113 e. The van der Waals surface area contributed by atoms with E-state index in [2.05, 4.69) is 13.8 Å². The van der Waals surface area contributed by atoms with Crippen molar-refractivity contribution in [2.24, 2.45) is 0 Å². The molecule has 2 rings (SSSR count). The quantitative estimate of drug-likeness (QED) is 0.514. The molecule has 2 aromatic rings. The molecule has 0 saturated carbocycles. The van der Waals surface area contributed by atoms with Crippen molar-refractivity contribution in [1.82, 2.24) is 0 Å². The Kier molecular flexibility index (Phi) is 5.81. The predicted octanol–water partition coefficient (Wildman–Crippen LogP) is 7.70. The molecule has 0 radical (unpaired) electrons. The molecule has 0 bridgehead atoms. The summed E-state index contributed by atoms with van der Waals surface area (Å²) < 4.78 is 3.55. The van der Waals surface area contributed by atoms with Crippen LogP contribution >= 0.6 is 80.8 Å². The summed E-state index contributed by atoms with van der Waals surface area (Å²) in [6, 6.07) is 0. The highest BCUT2D eigenvalue weighted by atomic mass is 35.5. The van der Waals surface area contributed by atoms with Gasteiger partial charge in [-0.15, -0.1) is 22.7 Å². The van der Waals surface area contributed by atoms with Gasteiger partial charge in [-0.2, -0.15) is 0 Å². The Hall–Kier alpha value is 0.910. The lowest BCUT2D eigenvalue weighted by Crippen LogP contribution is -1.81. The van der Waals surface area contributed by atoms with E-state index < -0.39 is 0 Å². The fourth-order valence-corrected chi connectivity index (χ4v) is 7.41. The van der Waals surface area contributed by atoms with Gasteiger partial charge in [0.05, 0.1) is 18.5 Å². The standard InChI is InChI=1S/C12H10Cl4S3/c1-3-5-7(13)9(15)17-11(5)19-12-6(4-2)8(14)10(16)18-12/h3-4H2,1-2H3. The maximum Gasteiger partial charge on any atom is 0.113 e. The minimum atomic E-state index is 0.646. The van der Waals surface area contributed by atoms with Gasteiger partial charge in [0.15, 0.2) is 0 Å². The zero-order valence-corrected chi connectivity index (χ0v) is 15.6. The molecule has 104 valence electrons. The maximum absolute atomic E-state index is 6.21. The zero-order chi connectivity index (χ0) is 14.2. The molecular weight excluding hydrogens is 382 g/mol. The van der Waals surface area contributed by atoms with E-state index in [1.165, 1.54) is 22.7 Å². The second-order valence-corrected chi connectivity index (χ2v) is 9.26. The van der Waals surface area contributed by atoms with E-state index in [1.54, 1.807) is 11.8 Å². The lowest BCUT2D eigenvalue weighted by atomic mass is 10.3. The van der Waals surface area contributed by atoms with Crippen LogP contribution in [0.25, 0.3) is 0 Å². The van der Waals surface area contributed by atoms with Crippen molar-refractivity contribution >= 4 is 80.8 Å².